The number of aromatic hydroxyl groups is 1. The summed E-state index contributed by atoms with van der Waals surface area (Å²) in [6.07, 6.45) is 0. The molecule has 0 unspecified atom stereocenters. The van der Waals surface area contributed by atoms with Crippen molar-refractivity contribution in [2.45, 2.75) is 0 Å². The molecular weight excluding hydrogens is 306 g/mol. The van der Waals surface area contributed by atoms with Crippen LogP contribution >= 0.6 is 0 Å². The maximum absolute atomic E-state index is 11.9. The van der Waals surface area contributed by atoms with Gasteiger partial charge in [0.15, 0.2) is 11.4 Å². The molecule has 3 aromatic rings. The average molecular weight is 315 g/mol. The van der Waals surface area contributed by atoms with Crippen LogP contribution in [0.2, 0.25) is 0 Å². The first-order chi connectivity index (χ1) is 11.0. The van der Waals surface area contributed by atoms with Crippen LogP contribution in [-0.2, 0) is 0 Å². The van der Waals surface area contributed by atoms with E-state index in [0.29, 0.717) is 16.5 Å². The maximum atomic E-state index is 11.9. The average Bonchev–Trinajstić information content (AvgIpc) is 2.81. The summed E-state index contributed by atoms with van der Waals surface area (Å²) < 4.78 is 0. The first-order valence-electron chi connectivity index (χ1n) is 6.21. The van der Waals surface area contributed by atoms with E-state index in [1.165, 1.54) is 0 Å². The lowest BCUT2D eigenvalue weighted by atomic mass is 10.1. The predicted molar refractivity (Wildman–Crippen MR) is 78.5 cm³/mol. The number of aromatic amines is 3. The second kappa shape index (κ2) is 5.22. The molecule has 0 saturated heterocycles. The number of carbonyl (C=O) groups excluding carboxylic acids is 1. The highest BCUT2D eigenvalue weighted by Gasteiger charge is 2.17. The van der Waals surface area contributed by atoms with E-state index in [9.17, 15) is 19.5 Å². The van der Waals surface area contributed by atoms with Crippen molar-refractivity contribution in [1.82, 2.24) is 20.2 Å². The lowest BCUT2D eigenvalue weighted by Gasteiger charge is -2.00. The lowest BCUT2D eigenvalue weighted by Crippen LogP contribution is -2.25. The zero-order valence-electron chi connectivity index (χ0n) is 11.3. The van der Waals surface area contributed by atoms with Gasteiger partial charge in [-0.3, -0.25) is 9.78 Å². The number of urea groups is 1. The molecule has 23 heavy (non-hydrogen) atoms. The Morgan fingerprint density at radius 2 is 2.04 bits per heavy atom. The van der Waals surface area contributed by atoms with Gasteiger partial charge in [-0.1, -0.05) is 23.3 Å². The Balaban J connectivity index is 2.28. The summed E-state index contributed by atoms with van der Waals surface area (Å²) >= 11 is 0. The molecule has 0 aliphatic carbocycles. The summed E-state index contributed by atoms with van der Waals surface area (Å²) in [7, 11) is 0. The van der Waals surface area contributed by atoms with E-state index in [0.717, 1.165) is 0 Å². The fourth-order valence-corrected chi connectivity index (χ4v) is 2.12. The molecule has 0 radical (unpaired) electrons. The minimum atomic E-state index is -1.02. The van der Waals surface area contributed by atoms with Crippen LogP contribution in [0, 0.1) is 0 Å². The molecule has 0 atom stereocenters. The second-order valence-corrected chi connectivity index (χ2v) is 4.44. The van der Waals surface area contributed by atoms with Gasteiger partial charge >= 0.3 is 11.7 Å². The fraction of sp³-hybridized carbons (Fsp3) is 0. The predicted octanol–water partition coefficient (Wildman–Crippen LogP) is 0.474. The van der Waals surface area contributed by atoms with Crippen LogP contribution < -0.4 is 17.0 Å². The largest absolute Gasteiger partial charge is 0.493 e. The van der Waals surface area contributed by atoms with Crippen molar-refractivity contribution < 1.29 is 9.90 Å². The molecule has 2 aromatic heterocycles. The second-order valence-electron chi connectivity index (χ2n) is 4.44. The number of nitrogens with zero attached hydrogens (tertiary/aromatic N) is 3. The Hall–Kier alpha value is -3.76. The van der Waals surface area contributed by atoms with E-state index in [-0.39, 0.29) is 17.3 Å². The number of aromatic nitrogens is 4. The van der Waals surface area contributed by atoms with Crippen molar-refractivity contribution >= 4 is 22.6 Å². The summed E-state index contributed by atoms with van der Waals surface area (Å²) in [5.74, 6) is -0.363. The number of carbonyl (C=O) groups is 1. The van der Waals surface area contributed by atoms with E-state index in [4.69, 9.17) is 5.73 Å². The SMILES string of the molecule is NC(=O)N=Nc1c(O)[nH]c2c(-c3n[nH]c(=O)[nH]c3=O)cccc12. The molecule has 2 heterocycles. The highest BCUT2D eigenvalue weighted by Crippen LogP contribution is 2.38. The number of fused-ring (bicyclic) bond motifs is 1. The van der Waals surface area contributed by atoms with Crippen molar-refractivity contribution in [3.63, 3.8) is 0 Å². The van der Waals surface area contributed by atoms with E-state index in [1.807, 2.05) is 0 Å². The van der Waals surface area contributed by atoms with E-state index >= 15 is 0 Å². The summed E-state index contributed by atoms with van der Waals surface area (Å²) in [4.78, 5) is 38.3. The summed E-state index contributed by atoms with van der Waals surface area (Å²) in [5.41, 5.74) is 4.01. The summed E-state index contributed by atoms with van der Waals surface area (Å²) in [5, 5.41) is 22.9. The molecule has 0 spiro atoms. The van der Waals surface area contributed by atoms with Crippen LogP contribution in [0.15, 0.2) is 38.0 Å². The third-order valence-electron chi connectivity index (χ3n) is 3.00. The number of primary amides is 1. The maximum Gasteiger partial charge on any atom is 0.356 e. The molecule has 0 saturated carbocycles. The summed E-state index contributed by atoms with van der Waals surface area (Å²) in [6.45, 7) is 0. The zero-order chi connectivity index (χ0) is 16.6. The molecule has 116 valence electrons. The number of hydrogen-bond donors (Lipinski definition) is 5. The number of para-hydroxylation sites is 1. The highest BCUT2D eigenvalue weighted by atomic mass is 16.3. The smallest absolute Gasteiger partial charge is 0.356 e. The Morgan fingerprint density at radius 1 is 1.26 bits per heavy atom. The lowest BCUT2D eigenvalue weighted by molar-refractivity contribution is 0.255. The molecule has 3 rings (SSSR count). The van der Waals surface area contributed by atoms with Crippen molar-refractivity contribution in [3.8, 4) is 17.1 Å². The van der Waals surface area contributed by atoms with Crippen molar-refractivity contribution in [2.75, 3.05) is 0 Å². The first kappa shape index (κ1) is 14.2. The Morgan fingerprint density at radius 3 is 2.74 bits per heavy atom. The van der Waals surface area contributed by atoms with Gasteiger partial charge in [-0.25, -0.2) is 14.7 Å². The summed E-state index contributed by atoms with van der Waals surface area (Å²) in [6, 6.07) is 3.71. The number of azo groups is 1. The van der Waals surface area contributed by atoms with Crippen LogP contribution in [-0.4, -0.2) is 31.3 Å². The Kier molecular flexibility index (Phi) is 3.22. The fourth-order valence-electron chi connectivity index (χ4n) is 2.12. The molecule has 0 aliphatic rings. The molecule has 2 amide bonds. The number of nitrogens with two attached hydrogens (primary N) is 1. The van der Waals surface area contributed by atoms with Gasteiger partial charge in [0.25, 0.3) is 5.56 Å². The molecular formula is C12H9N7O4. The van der Waals surface area contributed by atoms with Crippen molar-refractivity contribution in [3.05, 3.63) is 39.0 Å². The molecule has 6 N–H and O–H groups in total. The van der Waals surface area contributed by atoms with Gasteiger partial charge in [0.05, 0.1) is 5.52 Å². The minimum Gasteiger partial charge on any atom is -0.493 e. The number of amides is 2. The van der Waals surface area contributed by atoms with Gasteiger partial charge in [0, 0.05) is 10.9 Å². The quantitative estimate of drug-likeness (QED) is 0.430. The zero-order valence-corrected chi connectivity index (χ0v) is 11.3. The van der Waals surface area contributed by atoms with E-state index in [1.54, 1.807) is 18.2 Å². The van der Waals surface area contributed by atoms with Crippen molar-refractivity contribution in [2.24, 2.45) is 16.0 Å². The molecule has 0 aliphatic heterocycles. The number of hydrogen-bond acceptors (Lipinski definition) is 6. The topological polar surface area (TPSA) is 182 Å². The number of benzene rings is 1. The van der Waals surface area contributed by atoms with Gasteiger partial charge in [-0.15, -0.1) is 5.11 Å². The van der Waals surface area contributed by atoms with Crippen LogP contribution in [0.1, 0.15) is 0 Å². The van der Waals surface area contributed by atoms with Gasteiger partial charge < -0.3 is 15.8 Å². The normalized spacial score (nSPS) is 11.3. The van der Waals surface area contributed by atoms with Gasteiger partial charge in [-0.05, 0) is 0 Å². The van der Waals surface area contributed by atoms with Crippen LogP contribution in [0.25, 0.3) is 22.2 Å². The third-order valence-corrected chi connectivity index (χ3v) is 3.00. The number of rotatable bonds is 2. The van der Waals surface area contributed by atoms with E-state index < -0.39 is 17.3 Å². The van der Waals surface area contributed by atoms with Gasteiger partial charge in [0.1, 0.15) is 0 Å². The Labute approximate surface area is 125 Å². The first-order valence-corrected chi connectivity index (χ1v) is 6.21. The highest BCUT2D eigenvalue weighted by molar-refractivity contribution is 6.02. The monoisotopic (exact) mass is 315 g/mol. The number of H-pyrrole nitrogens is 3. The van der Waals surface area contributed by atoms with Gasteiger partial charge in [-0.2, -0.15) is 5.10 Å². The number of nitrogens with one attached hydrogen (secondary N) is 3. The molecule has 0 fully saturated rings. The van der Waals surface area contributed by atoms with Crippen LogP contribution in [0.3, 0.4) is 0 Å². The van der Waals surface area contributed by atoms with Crippen LogP contribution in [0.5, 0.6) is 5.88 Å². The Bertz CT molecular complexity index is 1060. The minimum absolute atomic E-state index is 0.0125. The van der Waals surface area contributed by atoms with Crippen molar-refractivity contribution in [1.29, 1.82) is 0 Å². The third kappa shape index (κ3) is 2.46. The standard InChI is InChI=1S/C12H9N7O4/c13-11(22)18-16-7-4-2-1-3-5(6(4)14-9(7)20)8-10(21)15-12(23)19-17-8/h1-3,14,20H,(H2,13,22)(H2,15,19,21,23). The van der Waals surface area contributed by atoms with E-state index in [2.05, 4.69) is 30.4 Å². The van der Waals surface area contributed by atoms with Gasteiger partial charge in [0.2, 0.25) is 5.88 Å². The molecule has 11 nitrogen and oxygen atoms in total. The molecule has 11 heteroatoms. The molecule has 0 bridgehead atoms. The molecule has 1 aromatic carbocycles. The van der Waals surface area contributed by atoms with Crippen LogP contribution in [0.4, 0.5) is 10.5 Å².